The molecule has 0 unspecified atom stereocenters. The Kier molecular flexibility index (Phi) is 6.67. The third kappa shape index (κ3) is 6.16. The van der Waals surface area contributed by atoms with E-state index in [1.54, 1.807) is 13.8 Å². The van der Waals surface area contributed by atoms with Crippen molar-refractivity contribution in [3.8, 4) is 0 Å². The van der Waals surface area contributed by atoms with Gasteiger partial charge in [0.15, 0.2) is 0 Å². The third-order valence-electron chi connectivity index (χ3n) is 3.14. The summed E-state index contributed by atoms with van der Waals surface area (Å²) >= 11 is 0. The number of carbonyl (C=O) groups is 2. The molecule has 2 N–H and O–H groups in total. The smallest absolute Gasteiger partial charge is 0.330 e. The zero-order valence-corrected chi connectivity index (χ0v) is 11.8. The second-order valence-corrected chi connectivity index (χ2v) is 5.05. The molecule has 0 aromatic carbocycles. The van der Waals surface area contributed by atoms with Gasteiger partial charge in [-0.3, -0.25) is 4.79 Å². The molecule has 114 valence electrons. The molecule has 1 rings (SSSR count). The molecule has 4 atom stereocenters. The van der Waals surface area contributed by atoms with Crippen LogP contribution >= 0.6 is 0 Å². The summed E-state index contributed by atoms with van der Waals surface area (Å²) in [6.07, 6.45) is 0.833. The zero-order valence-electron chi connectivity index (χ0n) is 11.8. The molecule has 0 aromatic heterocycles. The third-order valence-corrected chi connectivity index (χ3v) is 3.14. The van der Waals surface area contributed by atoms with Gasteiger partial charge in [0.05, 0.1) is 18.3 Å². The SMILES string of the molecule is C[C@@H]1CC[C@@H](O)C=CC(=O)O[C@H](C)[C@H](O)CCC(=O)O1. The van der Waals surface area contributed by atoms with Crippen molar-refractivity contribution in [2.45, 2.75) is 63.9 Å². The van der Waals surface area contributed by atoms with Crippen LogP contribution in [0.2, 0.25) is 0 Å². The first-order valence-corrected chi connectivity index (χ1v) is 6.83. The second-order valence-electron chi connectivity index (χ2n) is 5.05. The summed E-state index contributed by atoms with van der Waals surface area (Å²) < 4.78 is 10.1. The Morgan fingerprint density at radius 1 is 1.10 bits per heavy atom. The number of esters is 2. The van der Waals surface area contributed by atoms with Gasteiger partial charge in [0, 0.05) is 12.5 Å². The largest absolute Gasteiger partial charge is 0.463 e. The molecule has 0 spiro atoms. The lowest BCUT2D eigenvalue weighted by molar-refractivity contribution is -0.151. The number of aliphatic hydroxyl groups excluding tert-OH is 2. The maximum atomic E-state index is 11.5. The summed E-state index contributed by atoms with van der Waals surface area (Å²) in [5.74, 6) is -1.03. The lowest BCUT2D eigenvalue weighted by atomic mass is 10.1. The molecule has 0 saturated carbocycles. The van der Waals surface area contributed by atoms with Gasteiger partial charge >= 0.3 is 11.9 Å². The fourth-order valence-electron chi connectivity index (χ4n) is 1.84. The number of aliphatic hydroxyl groups is 2. The van der Waals surface area contributed by atoms with Crippen LogP contribution in [0.1, 0.15) is 39.5 Å². The number of ether oxygens (including phenoxy) is 2. The summed E-state index contributed by atoms with van der Waals surface area (Å²) in [6.45, 7) is 3.29. The van der Waals surface area contributed by atoms with Crippen LogP contribution in [0.3, 0.4) is 0 Å². The van der Waals surface area contributed by atoms with Crippen molar-refractivity contribution >= 4 is 11.9 Å². The standard InChI is InChI=1S/C14H22O6/c1-9-3-4-11(15)5-7-14(18)20-10(2)12(16)6-8-13(17)19-9/h5,7,9-12,15-16H,3-4,6,8H2,1-2H3/t9-,10-,11-,12-/m1/s1. The predicted molar refractivity (Wildman–Crippen MR) is 70.7 cm³/mol. The van der Waals surface area contributed by atoms with Gasteiger partial charge in [-0.05, 0) is 39.2 Å². The lowest BCUT2D eigenvalue weighted by Crippen LogP contribution is -2.29. The van der Waals surface area contributed by atoms with Crippen molar-refractivity contribution in [2.75, 3.05) is 0 Å². The van der Waals surface area contributed by atoms with Crippen molar-refractivity contribution in [3.63, 3.8) is 0 Å². The predicted octanol–water partition coefficient (Wildman–Crippen LogP) is 0.702. The number of hydrogen-bond donors (Lipinski definition) is 2. The van der Waals surface area contributed by atoms with Crippen LogP contribution in [0.25, 0.3) is 0 Å². The van der Waals surface area contributed by atoms with Crippen LogP contribution < -0.4 is 0 Å². The highest BCUT2D eigenvalue weighted by molar-refractivity contribution is 5.82. The minimum Gasteiger partial charge on any atom is -0.463 e. The molecule has 20 heavy (non-hydrogen) atoms. The van der Waals surface area contributed by atoms with Crippen molar-refractivity contribution < 1.29 is 29.3 Å². The molecule has 6 nitrogen and oxygen atoms in total. The van der Waals surface area contributed by atoms with Gasteiger partial charge in [-0.1, -0.05) is 0 Å². The fraction of sp³-hybridized carbons (Fsp3) is 0.714. The highest BCUT2D eigenvalue weighted by atomic mass is 16.6. The molecule has 0 fully saturated rings. The molecule has 0 aromatic rings. The van der Waals surface area contributed by atoms with E-state index in [-0.39, 0.29) is 18.9 Å². The molecule has 0 aliphatic carbocycles. The van der Waals surface area contributed by atoms with E-state index < -0.39 is 30.3 Å². The van der Waals surface area contributed by atoms with Crippen LogP contribution in [-0.4, -0.2) is 46.6 Å². The molecule has 0 radical (unpaired) electrons. The molecule has 0 saturated heterocycles. The van der Waals surface area contributed by atoms with Crippen molar-refractivity contribution in [2.24, 2.45) is 0 Å². The van der Waals surface area contributed by atoms with E-state index in [9.17, 15) is 19.8 Å². The maximum Gasteiger partial charge on any atom is 0.330 e. The van der Waals surface area contributed by atoms with Gasteiger partial charge in [-0.2, -0.15) is 0 Å². The zero-order chi connectivity index (χ0) is 15.1. The van der Waals surface area contributed by atoms with Crippen LogP contribution in [0, 0.1) is 0 Å². The van der Waals surface area contributed by atoms with Crippen LogP contribution in [-0.2, 0) is 19.1 Å². The second kappa shape index (κ2) is 8.01. The maximum absolute atomic E-state index is 11.5. The summed E-state index contributed by atoms with van der Waals surface area (Å²) in [7, 11) is 0. The van der Waals surface area contributed by atoms with Gasteiger partial charge in [-0.25, -0.2) is 4.79 Å². The highest BCUT2D eigenvalue weighted by Gasteiger charge is 2.20. The van der Waals surface area contributed by atoms with Gasteiger partial charge in [-0.15, -0.1) is 0 Å². The number of hydrogen-bond acceptors (Lipinski definition) is 6. The molecule has 1 aliphatic heterocycles. The first kappa shape index (κ1) is 16.7. The fourth-order valence-corrected chi connectivity index (χ4v) is 1.84. The normalized spacial score (nSPS) is 34.0. The monoisotopic (exact) mass is 286 g/mol. The van der Waals surface area contributed by atoms with E-state index in [0.29, 0.717) is 12.8 Å². The topological polar surface area (TPSA) is 93.1 Å². The molecule has 0 bridgehead atoms. The first-order valence-electron chi connectivity index (χ1n) is 6.83. The molecule has 1 heterocycles. The van der Waals surface area contributed by atoms with Crippen molar-refractivity contribution in [1.29, 1.82) is 0 Å². The molecular formula is C14H22O6. The van der Waals surface area contributed by atoms with Crippen LogP contribution in [0.15, 0.2) is 12.2 Å². The lowest BCUT2D eigenvalue weighted by Gasteiger charge is -2.20. The number of rotatable bonds is 0. The van der Waals surface area contributed by atoms with Crippen molar-refractivity contribution in [3.05, 3.63) is 12.2 Å². The average molecular weight is 286 g/mol. The van der Waals surface area contributed by atoms with E-state index >= 15 is 0 Å². The molecular weight excluding hydrogens is 264 g/mol. The van der Waals surface area contributed by atoms with E-state index in [4.69, 9.17) is 9.47 Å². The van der Waals surface area contributed by atoms with Crippen molar-refractivity contribution in [1.82, 2.24) is 0 Å². The van der Waals surface area contributed by atoms with E-state index in [1.807, 2.05) is 0 Å². The van der Waals surface area contributed by atoms with Gasteiger partial charge in [0.1, 0.15) is 6.10 Å². The van der Waals surface area contributed by atoms with Gasteiger partial charge in [0.25, 0.3) is 0 Å². The van der Waals surface area contributed by atoms with Crippen LogP contribution in [0.5, 0.6) is 0 Å². The summed E-state index contributed by atoms with van der Waals surface area (Å²) in [5, 5.41) is 19.4. The molecule has 0 amide bonds. The minimum atomic E-state index is -0.928. The minimum absolute atomic E-state index is 0.0613. The average Bonchev–Trinajstić information content (AvgIpc) is 2.39. The number of cyclic esters (lactones) is 2. The summed E-state index contributed by atoms with van der Waals surface area (Å²) in [4.78, 5) is 23.0. The molecule has 6 heteroatoms. The van der Waals surface area contributed by atoms with E-state index in [1.165, 1.54) is 6.08 Å². The van der Waals surface area contributed by atoms with Gasteiger partial charge in [0.2, 0.25) is 0 Å². The van der Waals surface area contributed by atoms with E-state index in [0.717, 1.165) is 6.08 Å². The number of carbonyl (C=O) groups excluding carboxylic acids is 2. The molecule has 1 aliphatic rings. The Balaban J connectivity index is 2.71. The highest BCUT2D eigenvalue weighted by Crippen LogP contribution is 2.12. The Hall–Kier alpha value is -1.40. The summed E-state index contributed by atoms with van der Waals surface area (Å²) in [5.41, 5.74) is 0. The van der Waals surface area contributed by atoms with E-state index in [2.05, 4.69) is 0 Å². The Morgan fingerprint density at radius 2 is 1.80 bits per heavy atom. The first-order chi connectivity index (χ1) is 9.38. The Bertz CT molecular complexity index is 365. The van der Waals surface area contributed by atoms with Crippen LogP contribution in [0.4, 0.5) is 0 Å². The Labute approximate surface area is 118 Å². The summed E-state index contributed by atoms with van der Waals surface area (Å²) in [6, 6.07) is 0. The quantitative estimate of drug-likeness (QED) is 0.637. The Morgan fingerprint density at radius 3 is 2.50 bits per heavy atom. The van der Waals surface area contributed by atoms with Gasteiger partial charge < -0.3 is 19.7 Å².